The number of nitrogens with zero attached hydrogens (tertiary/aromatic N) is 6. The first-order valence-corrected chi connectivity index (χ1v) is 12.7. The number of nitriles is 1. The lowest BCUT2D eigenvalue weighted by Gasteiger charge is -2.24. The number of amides is 2. The fourth-order valence-corrected chi connectivity index (χ4v) is 4.22. The molecule has 0 saturated carbocycles. The second-order valence-corrected chi connectivity index (χ2v) is 8.90. The number of nitrogens with one attached hydrogen (secondary N) is 1. The number of rotatable bonds is 11. The quantitative estimate of drug-likeness (QED) is 0.285. The van der Waals surface area contributed by atoms with E-state index in [-0.39, 0.29) is 12.6 Å². The van der Waals surface area contributed by atoms with Crippen LogP contribution in [0, 0.1) is 11.3 Å². The number of carbonyl (C=O) groups is 1. The molecule has 0 saturated heterocycles. The van der Waals surface area contributed by atoms with Crippen LogP contribution in [0.1, 0.15) is 37.3 Å². The van der Waals surface area contributed by atoms with Crippen LogP contribution >= 0.6 is 0 Å². The van der Waals surface area contributed by atoms with Crippen molar-refractivity contribution >= 4 is 11.7 Å². The molecular formula is C29H31N7O2. The van der Waals surface area contributed by atoms with Crippen molar-refractivity contribution in [1.29, 1.82) is 5.26 Å². The minimum absolute atomic E-state index is 0.140. The van der Waals surface area contributed by atoms with Crippen LogP contribution in [0.2, 0.25) is 0 Å². The number of aromatic nitrogens is 4. The molecule has 0 aliphatic rings. The van der Waals surface area contributed by atoms with Crippen molar-refractivity contribution in [2.75, 3.05) is 11.9 Å². The van der Waals surface area contributed by atoms with E-state index in [1.54, 1.807) is 21.7 Å². The van der Waals surface area contributed by atoms with Gasteiger partial charge in [-0.05, 0) is 39.6 Å². The predicted molar refractivity (Wildman–Crippen MR) is 146 cm³/mol. The Morgan fingerprint density at radius 3 is 2.53 bits per heavy atom. The van der Waals surface area contributed by atoms with Gasteiger partial charge in [-0.3, -0.25) is 0 Å². The van der Waals surface area contributed by atoms with Crippen molar-refractivity contribution in [3.05, 3.63) is 83.9 Å². The van der Waals surface area contributed by atoms with Gasteiger partial charge in [0.2, 0.25) is 0 Å². The summed E-state index contributed by atoms with van der Waals surface area (Å²) in [6.45, 7) is 3.46. The van der Waals surface area contributed by atoms with Gasteiger partial charge in [0.25, 0.3) is 0 Å². The van der Waals surface area contributed by atoms with Crippen LogP contribution in [0.4, 0.5) is 10.5 Å². The number of aliphatic hydroxyl groups excluding tert-OH is 1. The van der Waals surface area contributed by atoms with Gasteiger partial charge in [-0.15, -0.1) is 5.10 Å². The molecule has 1 aromatic heterocycles. The summed E-state index contributed by atoms with van der Waals surface area (Å²) in [4.78, 5) is 14.9. The molecule has 0 fully saturated rings. The lowest BCUT2D eigenvalue weighted by molar-refractivity contribution is 0.208. The third-order valence-corrected chi connectivity index (χ3v) is 6.27. The Kier molecular flexibility index (Phi) is 9.16. The van der Waals surface area contributed by atoms with E-state index >= 15 is 0 Å². The molecule has 0 spiro atoms. The lowest BCUT2D eigenvalue weighted by Crippen LogP contribution is -2.35. The van der Waals surface area contributed by atoms with Crippen molar-refractivity contribution < 1.29 is 9.90 Å². The van der Waals surface area contributed by atoms with E-state index in [2.05, 4.69) is 33.8 Å². The first-order chi connectivity index (χ1) is 18.6. The maximum absolute atomic E-state index is 13.2. The summed E-state index contributed by atoms with van der Waals surface area (Å²) in [6.07, 6.45) is 2.18. The summed E-state index contributed by atoms with van der Waals surface area (Å²) in [5, 5.41) is 33.6. The van der Waals surface area contributed by atoms with Crippen LogP contribution in [0.25, 0.3) is 22.5 Å². The van der Waals surface area contributed by atoms with Crippen LogP contribution in [0.3, 0.4) is 0 Å². The van der Waals surface area contributed by atoms with Gasteiger partial charge in [0, 0.05) is 29.9 Å². The average molecular weight is 510 g/mol. The Balaban J connectivity index is 1.54. The van der Waals surface area contributed by atoms with Crippen LogP contribution in [0.15, 0.2) is 72.8 Å². The summed E-state index contributed by atoms with van der Waals surface area (Å²) in [7, 11) is 0. The number of carbonyl (C=O) groups excluding carboxylic acids is 1. The van der Waals surface area contributed by atoms with Crippen LogP contribution in [-0.2, 0) is 19.7 Å². The van der Waals surface area contributed by atoms with Crippen molar-refractivity contribution in [2.45, 2.75) is 45.9 Å². The Labute approximate surface area is 222 Å². The molecule has 194 valence electrons. The molecular weight excluding hydrogens is 478 g/mol. The summed E-state index contributed by atoms with van der Waals surface area (Å²) in [6, 6.07) is 25.2. The molecule has 0 bridgehead atoms. The highest BCUT2D eigenvalue weighted by Gasteiger charge is 2.17. The van der Waals surface area contributed by atoms with Gasteiger partial charge in [0.05, 0.1) is 25.6 Å². The second kappa shape index (κ2) is 13.1. The molecule has 0 aliphatic heterocycles. The minimum atomic E-state index is -0.196. The molecule has 4 aromatic rings. The minimum Gasteiger partial charge on any atom is -0.392 e. The number of benzene rings is 3. The van der Waals surface area contributed by atoms with E-state index in [1.807, 2.05) is 60.7 Å². The molecule has 4 rings (SSSR count). The Morgan fingerprint density at radius 1 is 1.05 bits per heavy atom. The first kappa shape index (κ1) is 26.5. The molecule has 2 amide bonds. The average Bonchev–Trinajstić information content (AvgIpc) is 3.43. The number of para-hydroxylation sites is 1. The third kappa shape index (κ3) is 6.41. The summed E-state index contributed by atoms with van der Waals surface area (Å²) in [5.74, 6) is 0.616. The van der Waals surface area contributed by atoms with E-state index in [0.717, 1.165) is 35.1 Å². The van der Waals surface area contributed by atoms with Gasteiger partial charge in [-0.25, -0.2) is 9.48 Å². The first-order valence-electron chi connectivity index (χ1n) is 12.7. The third-order valence-electron chi connectivity index (χ3n) is 6.27. The van der Waals surface area contributed by atoms with E-state index in [1.165, 1.54) is 0 Å². The molecule has 9 nitrogen and oxygen atoms in total. The van der Waals surface area contributed by atoms with Crippen LogP contribution in [0.5, 0.6) is 0 Å². The molecule has 2 N–H and O–H groups in total. The maximum Gasteiger partial charge on any atom is 0.322 e. The molecule has 1 heterocycles. The van der Waals surface area contributed by atoms with Crippen molar-refractivity contribution in [2.24, 2.45) is 0 Å². The zero-order valence-corrected chi connectivity index (χ0v) is 21.4. The largest absolute Gasteiger partial charge is 0.392 e. The van der Waals surface area contributed by atoms with E-state index in [4.69, 9.17) is 5.26 Å². The maximum atomic E-state index is 13.2. The number of aryl methyl sites for hydroxylation is 1. The highest BCUT2D eigenvalue weighted by molar-refractivity contribution is 5.90. The molecule has 0 aliphatic carbocycles. The molecule has 38 heavy (non-hydrogen) atoms. The van der Waals surface area contributed by atoms with Crippen LogP contribution in [-0.4, -0.2) is 42.8 Å². The van der Waals surface area contributed by atoms with Gasteiger partial charge in [-0.1, -0.05) is 80.1 Å². The van der Waals surface area contributed by atoms with Gasteiger partial charge < -0.3 is 15.3 Å². The summed E-state index contributed by atoms with van der Waals surface area (Å²) >= 11 is 0. The summed E-state index contributed by atoms with van der Waals surface area (Å²) < 4.78 is 1.65. The number of hydrogen-bond donors (Lipinski definition) is 2. The molecule has 9 heteroatoms. The van der Waals surface area contributed by atoms with Gasteiger partial charge in [0.15, 0.2) is 5.82 Å². The standard InChI is InChI=1S/C29H31N7O2/c1-2-3-18-35(29(38)31-27-12-7-4-9-24(27)21-37)20-22-13-15-23(16-14-22)25-10-5-6-11-26(25)28-32-33-34-36(28)19-8-17-30/h4-7,9-16,37H,2-3,8,18-21H2,1H3,(H,31,38). The number of hydrogen-bond acceptors (Lipinski definition) is 6. The molecule has 0 unspecified atom stereocenters. The van der Waals surface area contributed by atoms with Crippen molar-refractivity contribution in [3.8, 4) is 28.6 Å². The van der Waals surface area contributed by atoms with Gasteiger partial charge in [0.1, 0.15) is 0 Å². The van der Waals surface area contributed by atoms with Crippen LogP contribution < -0.4 is 5.32 Å². The number of anilines is 1. The Bertz CT molecular complexity index is 1390. The Morgan fingerprint density at radius 2 is 1.79 bits per heavy atom. The Hall–Kier alpha value is -4.55. The lowest BCUT2D eigenvalue weighted by atomic mass is 9.98. The number of unbranched alkanes of at least 4 members (excludes halogenated alkanes) is 1. The number of tetrazole rings is 1. The SMILES string of the molecule is CCCCN(Cc1ccc(-c2ccccc2-c2nnnn2CCC#N)cc1)C(=O)Nc1ccccc1CO. The van der Waals surface area contributed by atoms with E-state index in [9.17, 15) is 9.90 Å². The van der Waals surface area contributed by atoms with Crippen molar-refractivity contribution in [1.82, 2.24) is 25.1 Å². The smallest absolute Gasteiger partial charge is 0.322 e. The number of urea groups is 1. The topological polar surface area (TPSA) is 120 Å². The zero-order valence-electron chi connectivity index (χ0n) is 21.4. The monoisotopic (exact) mass is 509 g/mol. The number of aliphatic hydroxyl groups is 1. The summed E-state index contributed by atoms with van der Waals surface area (Å²) in [5.41, 5.74) is 5.17. The fraction of sp³-hybridized carbons (Fsp3) is 0.276. The molecule has 3 aromatic carbocycles. The van der Waals surface area contributed by atoms with E-state index in [0.29, 0.717) is 43.1 Å². The molecule has 0 atom stereocenters. The fourth-order valence-electron chi connectivity index (χ4n) is 4.22. The highest BCUT2D eigenvalue weighted by Crippen LogP contribution is 2.31. The van der Waals surface area contributed by atoms with E-state index < -0.39 is 0 Å². The zero-order chi connectivity index (χ0) is 26.7. The highest BCUT2D eigenvalue weighted by atomic mass is 16.3. The van der Waals surface area contributed by atoms with Crippen molar-refractivity contribution in [3.63, 3.8) is 0 Å². The predicted octanol–water partition coefficient (Wildman–Crippen LogP) is 5.25. The second-order valence-electron chi connectivity index (χ2n) is 8.90. The normalized spacial score (nSPS) is 10.7. The molecule has 0 radical (unpaired) electrons. The van der Waals surface area contributed by atoms with Gasteiger partial charge >= 0.3 is 6.03 Å². The van der Waals surface area contributed by atoms with Gasteiger partial charge in [-0.2, -0.15) is 5.26 Å².